The van der Waals surface area contributed by atoms with Crippen LogP contribution in [-0.2, 0) is 20.8 Å². The molecule has 6 N–H and O–H groups in total. The first-order valence-corrected chi connectivity index (χ1v) is 8.80. The van der Waals surface area contributed by atoms with E-state index in [4.69, 9.17) is 11.5 Å². The molecule has 2 rings (SSSR count). The summed E-state index contributed by atoms with van der Waals surface area (Å²) >= 11 is 0. The van der Waals surface area contributed by atoms with Gasteiger partial charge in [0.15, 0.2) is 6.17 Å². The van der Waals surface area contributed by atoms with E-state index in [1.807, 2.05) is 30.3 Å². The van der Waals surface area contributed by atoms with Gasteiger partial charge < -0.3 is 26.8 Å². The molecule has 27 heavy (non-hydrogen) atoms. The molecule has 0 aromatic heterocycles. The molecule has 1 aliphatic heterocycles. The van der Waals surface area contributed by atoms with E-state index in [1.54, 1.807) is 0 Å². The van der Waals surface area contributed by atoms with E-state index in [-0.39, 0.29) is 13.0 Å². The number of aliphatic carboxylic acids is 1. The van der Waals surface area contributed by atoms with Gasteiger partial charge in [-0.05, 0) is 18.4 Å². The number of nitrogens with one attached hydrogen (secondary N) is 1. The van der Waals surface area contributed by atoms with Crippen LogP contribution in [0.1, 0.15) is 18.4 Å². The molecule has 0 spiro atoms. The molecule has 1 aromatic carbocycles. The van der Waals surface area contributed by atoms with E-state index >= 15 is 0 Å². The molecule has 0 aliphatic carbocycles. The largest absolute Gasteiger partial charge is 0.480 e. The molecular weight excluding hydrogens is 355 g/mol. The number of nitrogens with two attached hydrogens (primary N) is 2. The number of carboxylic acids is 1. The molecule has 8 nitrogen and oxygen atoms in total. The SMILES string of the molecule is NC[C@@H](F)C(=O)N[C@@H]1C[C@@H](C(=O)O)N(C(=O)[C@@H](N)CCc2ccccc2)C1. The predicted molar refractivity (Wildman–Crippen MR) is 96.4 cm³/mol. The fourth-order valence-corrected chi connectivity index (χ4v) is 3.12. The number of benzene rings is 1. The first-order chi connectivity index (χ1) is 12.8. The number of carboxylic acid groups (broad SMARTS) is 1. The standard InChI is InChI=1S/C18H25FN4O4/c19-13(9-20)16(24)22-12-8-15(18(26)27)23(10-12)17(25)14(21)7-6-11-4-2-1-3-5-11/h1-5,12-15H,6-10,20-21H2,(H,22,24)(H,26,27)/t12-,13-,14+,15+/m1/s1. The lowest BCUT2D eigenvalue weighted by Crippen LogP contribution is -2.49. The second-order valence-electron chi connectivity index (χ2n) is 6.62. The number of rotatable bonds is 8. The maximum Gasteiger partial charge on any atom is 0.326 e. The lowest BCUT2D eigenvalue weighted by atomic mass is 10.0. The molecule has 0 unspecified atom stereocenters. The number of amides is 2. The zero-order valence-electron chi connectivity index (χ0n) is 14.9. The van der Waals surface area contributed by atoms with Crippen LogP contribution < -0.4 is 16.8 Å². The van der Waals surface area contributed by atoms with Gasteiger partial charge in [0.05, 0.1) is 6.04 Å². The molecule has 0 bridgehead atoms. The van der Waals surface area contributed by atoms with Crippen molar-refractivity contribution in [3.05, 3.63) is 35.9 Å². The maximum atomic E-state index is 13.3. The van der Waals surface area contributed by atoms with E-state index < -0.39 is 48.6 Å². The fraction of sp³-hybridized carbons (Fsp3) is 0.500. The molecule has 0 radical (unpaired) electrons. The third-order valence-corrected chi connectivity index (χ3v) is 4.61. The summed E-state index contributed by atoms with van der Waals surface area (Å²) in [6.07, 6.45) is -0.927. The van der Waals surface area contributed by atoms with Crippen LogP contribution in [0.4, 0.5) is 4.39 Å². The second kappa shape index (κ2) is 9.43. The highest BCUT2D eigenvalue weighted by molar-refractivity contribution is 5.88. The van der Waals surface area contributed by atoms with Gasteiger partial charge in [0.2, 0.25) is 5.91 Å². The summed E-state index contributed by atoms with van der Waals surface area (Å²) in [5, 5.41) is 11.8. The van der Waals surface area contributed by atoms with Crippen molar-refractivity contribution in [3.8, 4) is 0 Å². The quantitative estimate of drug-likeness (QED) is 0.476. The van der Waals surface area contributed by atoms with Gasteiger partial charge in [-0.3, -0.25) is 9.59 Å². The van der Waals surface area contributed by atoms with Crippen LogP contribution in [0, 0.1) is 0 Å². The average molecular weight is 380 g/mol. The van der Waals surface area contributed by atoms with Crippen molar-refractivity contribution in [1.29, 1.82) is 0 Å². The number of nitrogens with zero attached hydrogens (tertiary/aromatic N) is 1. The number of carbonyl (C=O) groups is 3. The van der Waals surface area contributed by atoms with Gasteiger partial charge in [0.25, 0.3) is 5.91 Å². The zero-order chi connectivity index (χ0) is 20.0. The summed E-state index contributed by atoms with van der Waals surface area (Å²) in [4.78, 5) is 36.9. The molecule has 1 heterocycles. The molecular formula is C18H25FN4O4. The summed E-state index contributed by atoms with van der Waals surface area (Å²) in [5.74, 6) is -2.59. The average Bonchev–Trinajstić information content (AvgIpc) is 3.09. The van der Waals surface area contributed by atoms with E-state index in [1.165, 1.54) is 0 Å². The molecule has 2 amide bonds. The van der Waals surface area contributed by atoms with Crippen LogP contribution in [0.3, 0.4) is 0 Å². The van der Waals surface area contributed by atoms with Gasteiger partial charge >= 0.3 is 5.97 Å². The highest BCUT2D eigenvalue weighted by Gasteiger charge is 2.41. The molecule has 148 valence electrons. The van der Waals surface area contributed by atoms with E-state index in [0.717, 1.165) is 10.5 Å². The van der Waals surface area contributed by atoms with Crippen molar-refractivity contribution in [2.75, 3.05) is 13.1 Å². The Balaban J connectivity index is 1.97. The predicted octanol–water partition coefficient (Wildman–Crippen LogP) is -0.586. The number of hydrogen-bond donors (Lipinski definition) is 4. The molecule has 1 aromatic rings. The van der Waals surface area contributed by atoms with Gasteiger partial charge in [-0.1, -0.05) is 30.3 Å². The summed E-state index contributed by atoms with van der Waals surface area (Å²) in [5.41, 5.74) is 12.1. The number of hydrogen-bond acceptors (Lipinski definition) is 5. The van der Waals surface area contributed by atoms with Crippen LogP contribution in [0.25, 0.3) is 0 Å². The molecule has 4 atom stereocenters. The highest BCUT2D eigenvalue weighted by atomic mass is 19.1. The first kappa shape index (κ1) is 20.8. The number of carbonyl (C=O) groups excluding carboxylic acids is 2. The van der Waals surface area contributed by atoms with E-state index in [2.05, 4.69) is 5.32 Å². The van der Waals surface area contributed by atoms with Crippen LogP contribution in [0.5, 0.6) is 0 Å². The molecule has 9 heteroatoms. The highest BCUT2D eigenvalue weighted by Crippen LogP contribution is 2.20. The van der Waals surface area contributed by atoms with Crippen LogP contribution in [0.2, 0.25) is 0 Å². The normalized spacial score (nSPS) is 21.5. The van der Waals surface area contributed by atoms with Crippen molar-refractivity contribution in [3.63, 3.8) is 0 Å². The Morgan fingerprint density at radius 2 is 1.96 bits per heavy atom. The maximum absolute atomic E-state index is 13.3. The lowest BCUT2D eigenvalue weighted by molar-refractivity contribution is -0.148. The van der Waals surface area contributed by atoms with Crippen molar-refractivity contribution < 1.29 is 23.9 Å². The number of alkyl halides is 1. The van der Waals surface area contributed by atoms with Gasteiger partial charge in [-0.2, -0.15) is 0 Å². The number of aryl methyl sites for hydroxylation is 1. The molecule has 1 saturated heterocycles. The monoisotopic (exact) mass is 380 g/mol. The third kappa shape index (κ3) is 5.48. The molecule has 0 saturated carbocycles. The topological polar surface area (TPSA) is 139 Å². The molecule has 1 aliphatic rings. The van der Waals surface area contributed by atoms with Crippen LogP contribution >= 0.6 is 0 Å². The molecule has 1 fully saturated rings. The van der Waals surface area contributed by atoms with Crippen molar-refractivity contribution in [1.82, 2.24) is 10.2 Å². The zero-order valence-corrected chi connectivity index (χ0v) is 14.9. The van der Waals surface area contributed by atoms with Gasteiger partial charge in [0.1, 0.15) is 6.04 Å². The van der Waals surface area contributed by atoms with Crippen molar-refractivity contribution in [2.45, 2.75) is 43.6 Å². The Morgan fingerprint density at radius 1 is 1.30 bits per heavy atom. The van der Waals surface area contributed by atoms with Gasteiger partial charge in [-0.25, -0.2) is 9.18 Å². The summed E-state index contributed by atoms with van der Waals surface area (Å²) in [6, 6.07) is 6.87. The van der Waals surface area contributed by atoms with E-state index in [0.29, 0.717) is 12.8 Å². The summed E-state index contributed by atoms with van der Waals surface area (Å²) < 4.78 is 13.3. The van der Waals surface area contributed by atoms with Gasteiger partial charge in [0, 0.05) is 25.6 Å². The van der Waals surface area contributed by atoms with Gasteiger partial charge in [-0.15, -0.1) is 0 Å². The number of halogens is 1. The first-order valence-electron chi connectivity index (χ1n) is 8.80. The smallest absolute Gasteiger partial charge is 0.326 e. The van der Waals surface area contributed by atoms with Crippen LogP contribution in [0.15, 0.2) is 30.3 Å². The van der Waals surface area contributed by atoms with Crippen molar-refractivity contribution in [2.24, 2.45) is 11.5 Å². The Kier molecular flexibility index (Phi) is 7.26. The van der Waals surface area contributed by atoms with Crippen LogP contribution in [-0.4, -0.2) is 65.2 Å². The summed E-state index contributed by atoms with van der Waals surface area (Å²) in [7, 11) is 0. The lowest BCUT2D eigenvalue weighted by Gasteiger charge is -2.25. The minimum Gasteiger partial charge on any atom is -0.480 e. The van der Waals surface area contributed by atoms with E-state index in [9.17, 15) is 23.9 Å². The Labute approximate surface area is 156 Å². The minimum absolute atomic E-state index is 0.00445. The minimum atomic E-state index is -1.87. The Morgan fingerprint density at radius 3 is 2.56 bits per heavy atom. The summed E-state index contributed by atoms with van der Waals surface area (Å²) in [6.45, 7) is -0.494. The third-order valence-electron chi connectivity index (χ3n) is 4.61. The second-order valence-corrected chi connectivity index (χ2v) is 6.62. The Bertz CT molecular complexity index is 673. The van der Waals surface area contributed by atoms with Crippen molar-refractivity contribution >= 4 is 17.8 Å². The Hall–Kier alpha value is -2.52. The number of likely N-dealkylation sites (tertiary alicyclic amines) is 1. The fourth-order valence-electron chi connectivity index (χ4n) is 3.12.